The van der Waals surface area contributed by atoms with Gasteiger partial charge in [-0.2, -0.15) is 5.10 Å². The lowest BCUT2D eigenvalue weighted by Crippen LogP contribution is -2.29. The quantitative estimate of drug-likeness (QED) is 0.534. The van der Waals surface area contributed by atoms with Gasteiger partial charge in [-0.1, -0.05) is 6.42 Å². The van der Waals surface area contributed by atoms with Crippen molar-refractivity contribution in [3.8, 4) is 0 Å². The topological polar surface area (TPSA) is 102 Å². The van der Waals surface area contributed by atoms with E-state index in [-0.39, 0.29) is 5.91 Å². The van der Waals surface area contributed by atoms with Crippen molar-refractivity contribution >= 4 is 22.6 Å². The zero-order chi connectivity index (χ0) is 19.6. The summed E-state index contributed by atoms with van der Waals surface area (Å²) in [6.07, 6.45) is 4.93. The van der Waals surface area contributed by atoms with Crippen molar-refractivity contribution in [1.82, 2.24) is 30.4 Å². The van der Waals surface area contributed by atoms with Crippen LogP contribution in [0.2, 0.25) is 0 Å². The molecule has 0 saturated carbocycles. The summed E-state index contributed by atoms with van der Waals surface area (Å²) in [5.41, 5.74) is 4.04. The van der Waals surface area contributed by atoms with Gasteiger partial charge in [0.15, 0.2) is 5.69 Å². The first-order valence-electron chi connectivity index (χ1n) is 10.5. The number of fused-ring (bicyclic) bond motifs is 1. The minimum absolute atomic E-state index is 0.203. The summed E-state index contributed by atoms with van der Waals surface area (Å²) >= 11 is 0. The number of nitrogens with zero attached hydrogens (tertiary/aromatic N) is 3. The third-order valence-corrected chi connectivity index (χ3v) is 5.94. The van der Waals surface area contributed by atoms with E-state index >= 15 is 0 Å². The number of H-pyrrole nitrogens is 2. The molecule has 1 amide bonds. The maximum Gasteiger partial charge on any atom is 0.276 e. The second-order valence-electron chi connectivity index (χ2n) is 8.10. The van der Waals surface area contributed by atoms with E-state index < -0.39 is 0 Å². The average Bonchev–Trinajstić information content (AvgIpc) is 3.48. The van der Waals surface area contributed by atoms with Crippen molar-refractivity contribution in [2.24, 2.45) is 0 Å². The second-order valence-corrected chi connectivity index (χ2v) is 8.10. The third-order valence-electron chi connectivity index (χ3n) is 5.94. The van der Waals surface area contributed by atoms with Crippen LogP contribution in [0.5, 0.6) is 0 Å². The lowest BCUT2D eigenvalue weighted by atomic mass is 10.1. The van der Waals surface area contributed by atoms with E-state index in [2.05, 4.69) is 30.7 Å². The molecule has 29 heavy (non-hydrogen) atoms. The molecule has 5 rings (SSSR count). The van der Waals surface area contributed by atoms with E-state index in [9.17, 15) is 4.79 Å². The number of carbonyl (C=O) groups is 1. The van der Waals surface area contributed by atoms with Crippen LogP contribution in [-0.4, -0.2) is 57.2 Å². The predicted molar refractivity (Wildman–Crippen MR) is 112 cm³/mol. The summed E-state index contributed by atoms with van der Waals surface area (Å²) in [6.45, 7) is 5.07. The molecule has 0 radical (unpaired) electrons. The Kier molecular flexibility index (Phi) is 5.03. The Balaban J connectivity index is 1.27. The Morgan fingerprint density at radius 2 is 2.10 bits per heavy atom. The molecule has 2 fully saturated rings. The number of aromatic nitrogens is 4. The van der Waals surface area contributed by atoms with Gasteiger partial charge in [-0.3, -0.25) is 14.8 Å². The lowest BCUT2D eigenvalue weighted by molar-refractivity contribution is 0.102. The molecule has 1 atom stereocenters. The van der Waals surface area contributed by atoms with E-state index in [1.807, 2.05) is 24.3 Å². The van der Waals surface area contributed by atoms with Crippen molar-refractivity contribution < 1.29 is 4.79 Å². The number of nitrogens with one attached hydrogen (secondary N) is 4. The number of imidazole rings is 1. The number of benzene rings is 1. The fourth-order valence-electron chi connectivity index (χ4n) is 4.32. The standard InChI is InChI=1S/C21H27N7O/c29-21(19-11-17(26-27-19)14-6-7-22-12-14)23-15-4-5-16-18(10-15)25-20(24-16)13-28-8-2-1-3-9-28/h4-5,10-11,14,22H,1-3,6-9,12-13H2,(H,23,29)(H,24,25)(H,26,27). The zero-order valence-corrected chi connectivity index (χ0v) is 16.5. The van der Waals surface area contributed by atoms with Crippen LogP contribution in [0.1, 0.15) is 53.6 Å². The van der Waals surface area contributed by atoms with Crippen LogP contribution in [0.25, 0.3) is 11.0 Å². The molecule has 8 heteroatoms. The molecule has 2 aliphatic rings. The summed E-state index contributed by atoms with van der Waals surface area (Å²) < 4.78 is 0. The normalized spacial score (nSPS) is 20.3. The summed E-state index contributed by atoms with van der Waals surface area (Å²) in [6, 6.07) is 7.63. The molecule has 3 aromatic rings. The molecular formula is C21H27N7O. The number of anilines is 1. The van der Waals surface area contributed by atoms with E-state index in [1.165, 1.54) is 19.3 Å². The lowest BCUT2D eigenvalue weighted by Gasteiger charge is -2.25. The first-order chi connectivity index (χ1) is 14.2. The number of carbonyl (C=O) groups excluding carboxylic acids is 1. The van der Waals surface area contributed by atoms with Crippen molar-refractivity contribution in [3.63, 3.8) is 0 Å². The van der Waals surface area contributed by atoms with Gasteiger partial charge in [0, 0.05) is 23.8 Å². The number of rotatable bonds is 5. The van der Waals surface area contributed by atoms with Gasteiger partial charge in [0.05, 0.1) is 17.6 Å². The Bertz CT molecular complexity index is 996. The van der Waals surface area contributed by atoms with Crippen molar-refractivity contribution in [2.75, 3.05) is 31.5 Å². The minimum atomic E-state index is -0.203. The molecule has 2 aromatic heterocycles. The van der Waals surface area contributed by atoms with Crippen LogP contribution in [0, 0.1) is 0 Å². The smallest absolute Gasteiger partial charge is 0.276 e. The Morgan fingerprint density at radius 1 is 1.21 bits per heavy atom. The van der Waals surface area contributed by atoms with Gasteiger partial charge in [-0.25, -0.2) is 4.98 Å². The SMILES string of the molecule is O=C(Nc1ccc2nc(CN3CCCCC3)[nH]c2c1)c1cc(C2CCNC2)[nH]n1. The van der Waals surface area contributed by atoms with Gasteiger partial charge in [0.2, 0.25) is 0 Å². The highest BCUT2D eigenvalue weighted by Gasteiger charge is 2.21. The van der Waals surface area contributed by atoms with Crippen LogP contribution in [0.3, 0.4) is 0 Å². The molecule has 152 valence electrons. The summed E-state index contributed by atoms with van der Waals surface area (Å²) in [7, 11) is 0. The van der Waals surface area contributed by atoms with E-state index in [1.54, 1.807) is 0 Å². The number of hydrogen-bond donors (Lipinski definition) is 4. The maximum absolute atomic E-state index is 12.6. The van der Waals surface area contributed by atoms with E-state index in [0.717, 1.165) is 67.4 Å². The van der Waals surface area contributed by atoms with Crippen LogP contribution in [-0.2, 0) is 6.54 Å². The second kappa shape index (κ2) is 7.96. The summed E-state index contributed by atoms with van der Waals surface area (Å²) in [5.74, 6) is 1.18. The van der Waals surface area contributed by atoms with Crippen LogP contribution < -0.4 is 10.6 Å². The zero-order valence-electron chi connectivity index (χ0n) is 16.5. The average molecular weight is 393 g/mol. The Morgan fingerprint density at radius 3 is 2.93 bits per heavy atom. The van der Waals surface area contributed by atoms with E-state index in [4.69, 9.17) is 4.98 Å². The molecule has 8 nitrogen and oxygen atoms in total. The molecule has 1 unspecified atom stereocenters. The van der Waals surface area contributed by atoms with Crippen LogP contribution in [0.15, 0.2) is 24.3 Å². The van der Waals surface area contributed by atoms with Gasteiger partial charge in [0.25, 0.3) is 5.91 Å². The number of likely N-dealkylation sites (tertiary alicyclic amines) is 1. The molecule has 2 saturated heterocycles. The van der Waals surface area contributed by atoms with Crippen LogP contribution >= 0.6 is 0 Å². The highest BCUT2D eigenvalue weighted by molar-refractivity contribution is 6.03. The van der Waals surface area contributed by atoms with Crippen LogP contribution in [0.4, 0.5) is 5.69 Å². The molecular weight excluding hydrogens is 366 g/mol. The molecule has 4 heterocycles. The van der Waals surface area contributed by atoms with Gasteiger partial charge in [0.1, 0.15) is 5.82 Å². The first-order valence-corrected chi connectivity index (χ1v) is 10.5. The maximum atomic E-state index is 12.6. The van der Waals surface area contributed by atoms with Gasteiger partial charge in [-0.05, 0) is 63.2 Å². The molecule has 0 spiro atoms. The number of amides is 1. The van der Waals surface area contributed by atoms with Crippen molar-refractivity contribution in [3.05, 3.63) is 41.5 Å². The predicted octanol–water partition coefficient (Wildman–Crippen LogP) is 2.60. The number of aromatic amines is 2. The molecule has 4 N–H and O–H groups in total. The first kappa shape index (κ1) is 18.3. The van der Waals surface area contributed by atoms with Crippen molar-refractivity contribution in [1.29, 1.82) is 0 Å². The number of piperidine rings is 1. The van der Waals surface area contributed by atoms with Crippen molar-refractivity contribution in [2.45, 2.75) is 38.1 Å². The fraction of sp³-hybridized carbons (Fsp3) is 0.476. The highest BCUT2D eigenvalue weighted by Crippen LogP contribution is 2.22. The third kappa shape index (κ3) is 4.04. The van der Waals surface area contributed by atoms with Gasteiger partial charge >= 0.3 is 0 Å². The Hall–Kier alpha value is -2.71. The highest BCUT2D eigenvalue weighted by atomic mass is 16.1. The Labute approximate surface area is 169 Å². The minimum Gasteiger partial charge on any atom is -0.341 e. The fourth-order valence-corrected chi connectivity index (χ4v) is 4.32. The van der Waals surface area contributed by atoms with E-state index in [0.29, 0.717) is 11.6 Å². The molecule has 1 aromatic carbocycles. The summed E-state index contributed by atoms with van der Waals surface area (Å²) in [4.78, 5) is 23.2. The molecule has 0 aliphatic carbocycles. The largest absolute Gasteiger partial charge is 0.341 e. The monoisotopic (exact) mass is 393 g/mol. The number of hydrogen-bond acceptors (Lipinski definition) is 5. The summed E-state index contributed by atoms with van der Waals surface area (Å²) in [5, 5.41) is 13.5. The molecule has 0 bridgehead atoms. The van der Waals surface area contributed by atoms with Gasteiger partial charge < -0.3 is 15.6 Å². The molecule has 2 aliphatic heterocycles. The van der Waals surface area contributed by atoms with Gasteiger partial charge in [-0.15, -0.1) is 0 Å².